The van der Waals surface area contributed by atoms with E-state index in [1.54, 1.807) is 4.68 Å². The maximum Gasteiger partial charge on any atom is 0.407 e. The van der Waals surface area contributed by atoms with Gasteiger partial charge in [0.15, 0.2) is 0 Å². The Balaban J connectivity index is 1.96. The molecule has 0 fully saturated rings. The van der Waals surface area contributed by atoms with Crippen molar-refractivity contribution in [2.75, 3.05) is 0 Å². The van der Waals surface area contributed by atoms with Crippen molar-refractivity contribution >= 4 is 12.1 Å². The van der Waals surface area contributed by atoms with Gasteiger partial charge in [-0.2, -0.15) is 5.10 Å². The molecule has 1 unspecified atom stereocenters. The predicted molar refractivity (Wildman–Crippen MR) is 96.7 cm³/mol. The number of carboxylic acid groups (broad SMARTS) is 1. The summed E-state index contributed by atoms with van der Waals surface area (Å²) >= 11 is 0. The Morgan fingerprint density at radius 2 is 2.04 bits per heavy atom. The van der Waals surface area contributed by atoms with E-state index >= 15 is 0 Å². The molecule has 1 aromatic heterocycles. The number of amides is 1. The van der Waals surface area contributed by atoms with Crippen LogP contribution in [0.5, 0.6) is 0 Å². The molecule has 1 aromatic carbocycles. The Labute approximate surface area is 153 Å². The van der Waals surface area contributed by atoms with Gasteiger partial charge in [0.25, 0.3) is 0 Å². The van der Waals surface area contributed by atoms with E-state index in [0.717, 1.165) is 23.2 Å². The summed E-state index contributed by atoms with van der Waals surface area (Å²) < 4.78 is 6.98. The molecule has 7 nitrogen and oxygen atoms in total. The van der Waals surface area contributed by atoms with Crippen LogP contribution in [0.4, 0.5) is 4.79 Å². The van der Waals surface area contributed by atoms with Gasteiger partial charge in [-0.3, -0.25) is 9.48 Å². The average molecular weight is 359 g/mol. The summed E-state index contributed by atoms with van der Waals surface area (Å²) in [4.78, 5) is 23.0. The lowest BCUT2D eigenvalue weighted by Gasteiger charge is -2.18. The lowest BCUT2D eigenvalue weighted by molar-refractivity contribution is -0.137. The number of alkyl carbamates (subject to hydrolysis) is 1. The van der Waals surface area contributed by atoms with Crippen LogP contribution in [-0.2, 0) is 36.0 Å². The Kier molecular flexibility index (Phi) is 7.20. The molecule has 0 radical (unpaired) electrons. The third-order valence-electron chi connectivity index (χ3n) is 4.03. The smallest absolute Gasteiger partial charge is 0.407 e. The van der Waals surface area contributed by atoms with Crippen LogP contribution in [0.3, 0.4) is 0 Å². The summed E-state index contributed by atoms with van der Waals surface area (Å²) in [5, 5.41) is 16.1. The molecule has 0 spiro atoms. The highest BCUT2D eigenvalue weighted by Gasteiger charge is 2.18. The second kappa shape index (κ2) is 9.60. The number of nitrogens with one attached hydrogen (secondary N) is 1. The van der Waals surface area contributed by atoms with Gasteiger partial charge in [-0.15, -0.1) is 0 Å². The maximum atomic E-state index is 12.1. The molecular weight excluding hydrogens is 334 g/mol. The molecule has 1 heterocycles. The summed E-state index contributed by atoms with van der Waals surface area (Å²) in [5.74, 6) is -0.892. The number of aromatic nitrogens is 2. The monoisotopic (exact) mass is 359 g/mol. The first-order valence-electron chi connectivity index (χ1n) is 8.68. The maximum absolute atomic E-state index is 12.1. The van der Waals surface area contributed by atoms with Gasteiger partial charge in [0.1, 0.15) is 6.61 Å². The fraction of sp³-hybridized carbons (Fsp3) is 0.421. The topological polar surface area (TPSA) is 93.5 Å². The molecule has 0 aliphatic heterocycles. The molecule has 0 aliphatic carbocycles. The van der Waals surface area contributed by atoms with Crippen LogP contribution >= 0.6 is 0 Å². The van der Waals surface area contributed by atoms with E-state index in [1.807, 2.05) is 50.5 Å². The molecule has 2 aromatic rings. The summed E-state index contributed by atoms with van der Waals surface area (Å²) in [5.41, 5.74) is 2.85. The average Bonchev–Trinajstić information content (AvgIpc) is 2.98. The van der Waals surface area contributed by atoms with Gasteiger partial charge in [-0.25, -0.2) is 4.79 Å². The van der Waals surface area contributed by atoms with E-state index < -0.39 is 12.1 Å². The van der Waals surface area contributed by atoms with Crippen molar-refractivity contribution < 1.29 is 19.4 Å². The second-order valence-corrected chi connectivity index (χ2v) is 6.17. The summed E-state index contributed by atoms with van der Waals surface area (Å²) in [7, 11) is 1.84. The van der Waals surface area contributed by atoms with Crippen molar-refractivity contribution in [1.82, 2.24) is 15.1 Å². The van der Waals surface area contributed by atoms with Crippen molar-refractivity contribution in [3.8, 4) is 0 Å². The summed E-state index contributed by atoms with van der Waals surface area (Å²) in [6.07, 6.45) is 2.96. The van der Waals surface area contributed by atoms with Crippen molar-refractivity contribution in [1.29, 1.82) is 0 Å². The number of hydrogen-bond donors (Lipinski definition) is 2. The number of carbonyl (C=O) groups excluding carboxylic acids is 1. The van der Waals surface area contributed by atoms with Crippen LogP contribution in [0.15, 0.2) is 36.5 Å². The van der Waals surface area contributed by atoms with Gasteiger partial charge in [0.2, 0.25) is 0 Å². The third kappa shape index (κ3) is 6.23. The fourth-order valence-corrected chi connectivity index (χ4v) is 2.77. The van der Waals surface area contributed by atoms with Crippen molar-refractivity contribution in [2.45, 2.75) is 45.3 Å². The van der Waals surface area contributed by atoms with Gasteiger partial charge >= 0.3 is 12.1 Å². The molecular formula is C19H25N3O4. The zero-order valence-electron chi connectivity index (χ0n) is 15.1. The van der Waals surface area contributed by atoms with Crippen LogP contribution in [0.1, 0.15) is 36.6 Å². The SMILES string of the molecule is CCc1nn(C)cc1CC(CCC(=O)O)NC(=O)OCc1ccccc1. The first-order valence-corrected chi connectivity index (χ1v) is 8.68. The molecule has 0 saturated heterocycles. The first kappa shape index (κ1) is 19.5. The highest BCUT2D eigenvalue weighted by molar-refractivity contribution is 5.68. The van der Waals surface area contributed by atoms with E-state index in [-0.39, 0.29) is 19.1 Å². The zero-order valence-corrected chi connectivity index (χ0v) is 15.1. The molecule has 1 atom stereocenters. The van der Waals surface area contributed by atoms with Gasteiger partial charge in [0, 0.05) is 25.7 Å². The fourth-order valence-electron chi connectivity index (χ4n) is 2.77. The van der Waals surface area contributed by atoms with E-state index in [2.05, 4.69) is 10.4 Å². The number of nitrogens with zero attached hydrogens (tertiary/aromatic N) is 2. The van der Waals surface area contributed by atoms with Gasteiger partial charge < -0.3 is 15.2 Å². The molecule has 140 valence electrons. The van der Waals surface area contributed by atoms with Crippen LogP contribution in [0.2, 0.25) is 0 Å². The minimum Gasteiger partial charge on any atom is -0.481 e. The molecule has 7 heteroatoms. The van der Waals surface area contributed by atoms with Gasteiger partial charge in [-0.1, -0.05) is 37.3 Å². The molecule has 0 aliphatic rings. The standard InChI is InChI=1S/C19H25N3O4/c1-3-17-15(12-22(2)21-17)11-16(9-10-18(23)24)20-19(25)26-13-14-7-5-4-6-8-14/h4-8,12,16H,3,9-11,13H2,1-2H3,(H,20,25)(H,23,24). The number of aryl methyl sites for hydroxylation is 2. The molecule has 0 bridgehead atoms. The second-order valence-electron chi connectivity index (χ2n) is 6.17. The number of hydrogen-bond acceptors (Lipinski definition) is 4. The lowest BCUT2D eigenvalue weighted by atomic mass is 10.0. The van der Waals surface area contributed by atoms with Crippen molar-refractivity contribution in [3.05, 3.63) is 53.3 Å². The van der Waals surface area contributed by atoms with E-state index in [9.17, 15) is 9.59 Å². The minimum absolute atomic E-state index is 0.0225. The van der Waals surface area contributed by atoms with Gasteiger partial charge in [0.05, 0.1) is 5.69 Å². The Morgan fingerprint density at radius 1 is 1.31 bits per heavy atom. The Morgan fingerprint density at radius 3 is 2.69 bits per heavy atom. The molecule has 26 heavy (non-hydrogen) atoms. The predicted octanol–water partition coefficient (Wildman–Crippen LogP) is 2.68. The molecule has 2 rings (SSSR count). The van der Waals surface area contributed by atoms with Gasteiger partial charge in [-0.05, 0) is 30.4 Å². The Bertz CT molecular complexity index is 728. The number of aliphatic carboxylic acids is 1. The molecule has 2 N–H and O–H groups in total. The number of carboxylic acids is 1. The Hall–Kier alpha value is -2.83. The van der Waals surface area contributed by atoms with E-state index in [0.29, 0.717) is 12.8 Å². The third-order valence-corrected chi connectivity index (χ3v) is 4.03. The largest absolute Gasteiger partial charge is 0.481 e. The zero-order chi connectivity index (χ0) is 18.9. The summed E-state index contributed by atoms with van der Waals surface area (Å²) in [6.45, 7) is 2.19. The lowest BCUT2D eigenvalue weighted by Crippen LogP contribution is -2.37. The van der Waals surface area contributed by atoms with Crippen molar-refractivity contribution in [3.63, 3.8) is 0 Å². The van der Waals surface area contributed by atoms with Crippen LogP contribution in [0.25, 0.3) is 0 Å². The highest BCUT2D eigenvalue weighted by atomic mass is 16.5. The first-order chi connectivity index (χ1) is 12.5. The normalized spacial score (nSPS) is 11.8. The van der Waals surface area contributed by atoms with Crippen molar-refractivity contribution in [2.24, 2.45) is 7.05 Å². The summed E-state index contributed by atoms with van der Waals surface area (Å²) in [6, 6.07) is 9.06. The molecule has 1 amide bonds. The van der Waals surface area contributed by atoms with Crippen LogP contribution < -0.4 is 5.32 Å². The quantitative estimate of drug-likeness (QED) is 0.718. The number of rotatable bonds is 9. The number of ether oxygens (including phenoxy) is 1. The number of carbonyl (C=O) groups is 2. The molecule has 0 saturated carbocycles. The van der Waals surface area contributed by atoms with Crippen LogP contribution in [0, 0.1) is 0 Å². The highest BCUT2D eigenvalue weighted by Crippen LogP contribution is 2.13. The minimum atomic E-state index is -0.892. The van der Waals surface area contributed by atoms with E-state index in [4.69, 9.17) is 9.84 Å². The van der Waals surface area contributed by atoms with E-state index in [1.165, 1.54) is 0 Å². The van der Waals surface area contributed by atoms with Crippen LogP contribution in [-0.4, -0.2) is 33.0 Å². The number of benzene rings is 1.